The highest BCUT2D eigenvalue weighted by Crippen LogP contribution is 2.31. The molecule has 7 heteroatoms. The topological polar surface area (TPSA) is 88.3 Å². The number of carbonyl (C=O) groups is 2. The van der Waals surface area contributed by atoms with E-state index < -0.39 is 11.6 Å². The van der Waals surface area contributed by atoms with Gasteiger partial charge in [0.25, 0.3) is 5.91 Å². The number of hydrogen-bond donors (Lipinski definition) is 1. The SMILES string of the molecule is Cc1ccccc1[C@@]1(C)NC(=O)N(Cc2nc(C(C)(C)C)no2)C1=O. The molecule has 1 aliphatic rings. The minimum atomic E-state index is -1.10. The smallest absolute Gasteiger partial charge is 0.325 e. The molecule has 0 unspecified atom stereocenters. The fourth-order valence-electron chi connectivity index (χ4n) is 2.92. The van der Waals surface area contributed by atoms with Crippen LogP contribution in [0.15, 0.2) is 28.8 Å². The molecule has 0 bridgehead atoms. The van der Waals surface area contributed by atoms with Crippen molar-refractivity contribution in [3.8, 4) is 0 Å². The van der Waals surface area contributed by atoms with E-state index in [2.05, 4.69) is 15.5 Å². The molecule has 3 amide bonds. The number of benzene rings is 1. The average molecular weight is 342 g/mol. The summed E-state index contributed by atoms with van der Waals surface area (Å²) >= 11 is 0. The first kappa shape index (κ1) is 17.1. The molecule has 1 aromatic carbocycles. The first-order valence-corrected chi connectivity index (χ1v) is 8.16. The molecule has 1 saturated heterocycles. The van der Waals surface area contributed by atoms with Crippen molar-refractivity contribution < 1.29 is 14.1 Å². The van der Waals surface area contributed by atoms with Crippen LogP contribution in [0.2, 0.25) is 0 Å². The van der Waals surface area contributed by atoms with Gasteiger partial charge in [-0.05, 0) is 25.0 Å². The molecule has 7 nitrogen and oxygen atoms in total. The molecule has 3 rings (SSSR count). The highest BCUT2D eigenvalue weighted by molar-refractivity contribution is 6.07. The van der Waals surface area contributed by atoms with Gasteiger partial charge in [-0.1, -0.05) is 50.2 Å². The van der Waals surface area contributed by atoms with Crippen molar-refractivity contribution in [3.63, 3.8) is 0 Å². The van der Waals surface area contributed by atoms with E-state index in [4.69, 9.17) is 4.52 Å². The van der Waals surface area contributed by atoms with Gasteiger partial charge in [0.15, 0.2) is 5.82 Å². The van der Waals surface area contributed by atoms with Crippen molar-refractivity contribution >= 4 is 11.9 Å². The Morgan fingerprint density at radius 1 is 1.24 bits per heavy atom. The molecule has 132 valence electrons. The summed E-state index contributed by atoms with van der Waals surface area (Å²) in [7, 11) is 0. The second-order valence-corrected chi connectivity index (χ2v) is 7.52. The summed E-state index contributed by atoms with van der Waals surface area (Å²) in [4.78, 5) is 30.8. The van der Waals surface area contributed by atoms with Crippen LogP contribution in [0.25, 0.3) is 0 Å². The van der Waals surface area contributed by atoms with Crippen molar-refractivity contribution in [3.05, 3.63) is 47.1 Å². The fraction of sp³-hybridized carbons (Fsp3) is 0.444. The summed E-state index contributed by atoms with van der Waals surface area (Å²) in [6, 6.07) is 7.04. The van der Waals surface area contributed by atoms with Crippen molar-refractivity contribution in [2.24, 2.45) is 0 Å². The molecule has 1 aliphatic heterocycles. The maximum Gasteiger partial charge on any atom is 0.325 e. The number of aromatic nitrogens is 2. The lowest BCUT2D eigenvalue weighted by molar-refractivity contribution is -0.131. The second-order valence-electron chi connectivity index (χ2n) is 7.52. The van der Waals surface area contributed by atoms with Crippen molar-refractivity contribution in [2.75, 3.05) is 0 Å². The quantitative estimate of drug-likeness (QED) is 0.866. The van der Waals surface area contributed by atoms with E-state index >= 15 is 0 Å². The third-order valence-electron chi connectivity index (χ3n) is 4.39. The van der Waals surface area contributed by atoms with Crippen LogP contribution < -0.4 is 5.32 Å². The minimum Gasteiger partial charge on any atom is -0.337 e. The van der Waals surface area contributed by atoms with Gasteiger partial charge in [-0.3, -0.25) is 9.69 Å². The molecule has 2 aromatic rings. The van der Waals surface area contributed by atoms with Gasteiger partial charge in [0.1, 0.15) is 12.1 Å². The molecule has 1 atom stereocenters. The molecule has 2 heterocycles. The molecular weight excluding hydrogens is 320 g/mol. The Labute approximate surface area is 146 Å². The number of urea groups is 1. The van der Waals surface area contributed by atoms with E-state index in [0.29, 0.717) is 5.82 Å². The first-order chi connectivity index (χ1) is 11.6. The standard InChI is InChI=1S/C18H22N4O3/c1-11-8-6-7-9-12(11)18(5)15(23)22(16(24)20-18)10-13-19-14(21-25-13)17(2,3)4/h6-9H,10H2,1-5H3,(H,20,24)/t18-/m1/s1. The molecule has 0 saturated carbocycles. The Morgan fingerprint density at radius 2 is 1.92 bits per heavy atom. The van der Waals surface area contributed by atoms with Crippen LogP contribution in [-0.2, 0) is 22.3 Å². The van der Waals surface area contributed by atoms with Crippen LogP contribution in [0.3, 0.4) is 0 Å². The zero-order valence-corrected chi connectivity index (χ0v) is 15.1. The maximum absolute atomic E-state index is 13.0. The van der Waals surface area contributed by atoms with Crippen LogP contribution in [-0.4, -0.2) is 27.0 Å². The van der Waals surface area contributed by atoms with Gasteiger partial charge in [0.05, 0.1) is 0 Å². The number of rotatable bonds is 3. The summed E-state index contributed by atoms with van der Waals surface area (Å²) in [5, 5.41) is 6.72. The lowest BCUT2D eigenvalue weighted by atomic mass is 9.88. The van der Waals surface area contributed by atoms with E-state index in [9.17, 15) is 9.59 Å². The zero-order chi connectivity index (χ0) is 18.4. The summed E-state index contributed by atoms with van der Waals surface area (Å²) in [5.41, 5.74) is 0.342. The van der Waals surface area contributed by atoms with Gasteiger partial charge in [-0.25, -0.2) is 4.79 Å². The van der Waals surface area contributed by atoms with Crippen LogP contribution in [0.5, 0.6) is 0 Å². The Hall–Kier alpha value is -2.70. The Bertz CT molecular complexity index is 837. The summed E-state index contributed by atoms with van der Waals surface area (Å²) in [6.45, 7) is 9.47. The third-order valence-corrected chi connectivity index (χ3v) is 4.39. The van der Waals surface area contributed by atoms with Gasteiger partial charge >= 0.3 is 6.03 Å². The minimum absolute atomic E-state index is 0.0464. The Morgan fingerprint density at radius 3 is 2.52 bits per heavy atom. The van der Waals surface area contributed by atoms with Gasteiger partial charge in [-0.2, -0.15) is 4.98 Å². The van der Waals surface area contributed by atoms with E-state index in [0.717, 1.165) is 16.0 Å². The van der Waals surface area contributed by atoms with E-state index in [1.165, 1.54) is 0 Å². The van der Waals surface area contributed by atoms with Crippen molar-refractivity contribution in [1.82, 2.24) is 20.4 Å². The molecule has 0 radical (unpaired) electrons. The van der Waals surface area contributed by atoms with Crippen LogP contribution in [0.4, 0.5) is 4.79 Å². The van der Waals surface area contributed by atoms with Gasteiger partial charge in [0.2, 0.25) is 5.89 Å². The number of aryl methyl sites for hydroxylation is 1. The first-order valence-electron chi connectivity index (χ1n) is 8.16. The molecule has 1 aromatic heterocycles. The average Bonchev–Trinajstić information content (AvgIpc) is 3.08. The van der Waals surface area contributed by atoms with Crippen LogP contribution in [0.1, 0.15) is 50.5 Å². The zero-order valence-electron chi connectivity index (χ0n) is 15.1. The summed E-state index contributed by atoms with van der Waals surface area (Å²) in [5.74, 6) is 0.445. The van der Waals surface area contributed by atoms with Crippen LogP contribution in [0, 0.1) is 6.92 Å². The third kappa shape index (κ3) is 2.90. The molecule has 1 fully saturated rings. The maximum atomic E-state index is 13.0. The Kier molecular flexibility index (Phi) is 3.89. The highest BCUT2D eigenvalue weighted by Gasteiger charge is 2.50. The number of carbonyl (C=O) groups excluding carboxylic acids is 2. The highest BCUT2D eigenvalue weighted by atomic mass is 16.5. The Balaban J connectivity index is 1.87. The predicted octanol–water partition coefficient (Wildman–Crippen LogP) is 2.64. The van der Waals surface area contributed by atoms with Gasteiger partial charge in [-0.15, -0.1) is 0 Å². The number of nitrogens with one attached hydrogen (secondary N) is 1. The van der Waals surface area contributed by atoms with Crippen molar-refractivity contribution in [1.29, 1.82) is 0 Å². The number of nitrogens with zero attached hydrogens (tertiary/aromatic N) is 3. The number of amides is 3. The fourth-order valence-corrected chi connectivity index (χ4v) is 2.92. The molecule has 1 N–H and O–H groups in total. The van der Waals surface area contributed by atoms with E-state index in [-0.39, 0.29) is 23.8 Å². The van der Waals surface area contributed by atoms with E-state index in [1.807, 2.05) is 52.0 Å². The number of hydrogen-bond acceptors (Lipinski definition) is 5. The molecule has 0 aliphatic carbocycles. The van der Waals surface area contributed by atoms with Crippen molar-refractivity contribution in [2.45, 2.75) is 52.1 Å². The van der Waals surface area contributed by atoms with Gasteiger partial charge in [0, 0.05) is 5.41 Å². The summed E-state index contributed by atoms with van der Waals surface area (Å²) in [6.07, 6.45) is 0. The molecule has 0 spiro atoms. The molecular formula is C18H22N4O3. The summed E-state index contributed by atoms with van der Waals surface area (Å²) < 4.78 is 5.21. The molecule has 25 heavy (non-hydrogen) atoms. The largest absolute Gasteiger partial charge is 0.337 e. The lowest BCUT2D eigenvalue weighted by Gasteiger charge is -2.23. The second kappa shape index (κ2) is 5.68. The van der Waals surface area contributed by atoms with Crippen LogP contribution >= 0.6 is 0 Å². The monoisotopic (exact) mass is 342 g/mol. The lowest BCUT2D eigenvalue weighted by Crippen LogP contribution is -2.41. The van der Waals surface area contributed by atoms with Gasteiger partial charge < -0.3 is 9.84 Å². The van der Waals surface area contributed by atoms with E-state index in [1.54, 1.807) is 6.92 Å². The predicted molar refractivity (Wildman–Crippen MR) is 90.6 cm³/mol. The number of imide groups is 1. The normalized spacial score (nSPS) is 20.9.